The summed E-state index contributed by atoms with van der Waals surface area (Å²) in [6, 6.07) is 7.43. The third kappa shape index (κ3) is 2.46. The molecule has 2 rings (SSSR count). The van der Waals surface area contributed by atoms with Crippen LogP contribution >= 0.6 is 0 Å². The number of H-pyrrole nitrogens is 1. The molecule has 0 aliphatic carbocycles. The average Bonchev–Trinajstić information content (AvgIpc) is 2.19. The van der Waals surface area contributed by atoms with Crippen LogP contribution in [-0.4, -0.2) is 4.98 Å². The molecule has 15 heavy (non-hydrogen) atoms. The number of hydrogen-bond acceptors (Lipinski definition) is 1. The van der Waals surface area contributed by atoms with Gasteiger partial charge in [0, 0.05) is 22.7 Å². The summed E-state index contributed by atoms with van der Waals surface area (Å²) < 4.78 is 0. The molecule has 1 aromatic carbocycles. The Morgan fingerprint density at radius 2 is 1.73 bits per heavy atom. The van der Waals surface area contributed by atoms with Crippen LogP contribution in [0.3, 0.4) is 0 Å². The summed E-state index contributed by atoms with van der Waals surface area (Å²) >= 11 is 0. The highest BCUT2D eigenvalue weighted by atomic mass is 16.1. The first-order valence-corrected chi connectivity index (χ1v) is 5.27. The number of aromatic amines is 1. The molecule has 1 aromatic heterocycles. The van der Waals surface area contributed by atoms with E-state index >= 15 is 0 Å². The van der Waals surface area contributed by atoms with Crippen molar-refractivity contribution < 1.29 is 0 Å². The lowest BCUT2D eigenvalue weighted by Crippen LogP contribution is -2.02. The normalized spacial score (nSPS) is 9.60. The van der Waals surface area contributed by atoms with E-state index in [4.69, 9.17) is 0 Å². The molecular weight excluding hydrogens is 186 g/mol. The maximum absolute atomic E-state index is 11.5. The van der Waals surface area contributed by atoms with Crippen molar-refractivity contribution >= 4 is 10.9 Å². The van der Waals surface area contributed by atoms with Crippen molar-refractivity contribution in [2.24, 2.45) is 0 Å². The molecule has 2 aromatic rings. The van der Waals surface area contributed by atoms with Gasteiger partial charge in [0.15, 0.2) is 5.43 Å². The zero-order valence-corrected chi connectivity index (χ0v) is 9.72. The quantitative estimate of drug-likeness (QED) is 0.701. The van der Waals surface area contributed by atoms with Crippen molar-refractivity contribution in [1.82, 2.24) is 4.98 Å². The number of hydrogen-bond donors (Lipinski definition) is 1. The summed E-state index contributed by atoms with van der Waals surface area (Å²) in [5.74, 6) is 0. The Labute approximate surface area is 90.0 Å². The number of aryl methyl sites for hydroxylation is 2. The molecule has 80 valence electrons. The second-order valence-electron chi connectivity index (χ2n) is 3.37. The Balaban J connectivity index is 0.000000531. The van der Waals surface area contributed by atoms with Crippen LogP contribution in [0.4, 0.5) is 0 Å². The molecule has 0 saturated heterocycles. The van der Waals surface area contributed by atoms with Crippen LogP contribution < -0.4 is 5.43 Å². The van der Waals surface area contributed by atoms with Crippen LogP contribution in [0.2, 0.25) is 0 Å². The first-order valence-electron chi connectivity index (χ1n) is 5.27. The number of pyridine rings is 1. The molecule has 0 fully saturated rings. The van der Waals surface area contributed by atoms with Gasteiger partial charge in [-0.25, -0.2) is 0 Å². The lowest BCUT2D eigenvalue weighted by molar-refractivity contribution is 1.24. The third-order valence-electron chi connectivity index (χ3n) is 2.12. The van der Waals surface area contributed by atoms with Crippen molar-refractivity contribution in [3.05, 3.63) is 45.7 Å². The molecule has 1 heterocycles. The molecule has 0 spiro atoms. The fourth-order valence-electron chi connectivity index (χ4n) is 1.50. The van der Waals surface area contributed by atoms with Gasteiger partial charge in [-0.1, -0.05) is 19.9 Å². The van der Waals surface area contributed by atoms with Crippen molar-refractivity contribution in [3.8, 4) is 0 Å². The van der Waals surface area contributed by atoms with Gasteiger partial charge in [-0.15, -0.1) is 0 Å². The third-order valence-corrected chi connectivity index (χ3v) is 2.12. The standard InChI is InChI=1S/C11H11NO.C2H6/c1-7-3-4-9-10(5-7)12-8(2)6-11(9)13;1-2/h3-6H,1-2H3,(H,12,13);1-2H3. The fraction of sp³-hybridized carbons (Fsp3) is 0.308. The zero-order valence-electron chi connectivity index (χ0n) is 9.72. The minimum absolute atomic E-state index is 0.0891. The summed E-state index contributed by atoms with van der Waals surface area (Å²) in [5.41, 5.74) is 3.08. The number of aromatic nitrogens is 1. The van der Waals surface area contributed by atoms with E-state index in [9.17, 15) is 4.79 Å². The molecule has 0 saturated carbocycles. The topological polar surface area (TPSA) is 32.9 Å². The molecule has 0 aliphatic rings. The van der Waals surface area contributed by atoms with Crippen LogP contribution in [-0.2, 0) is 0 Å². The zero-order chi connectivity index (χ0) is 11.4. The first kappa shape index (κ1) is 11.5. The van der Waals surface area contributed by atoms with E-state index in [1.165, 1.54) is 0 Å². The van der Waals surface area contributed by atoms with E-state index in [1.807, 2.05) is 45.9 Å². The molecular formula is C13H17NO. The van der Waals surface area contributed by atoms with E-state index in [0.29, 0.717) is 0 Å². The van der Waals surface area contributed by atoms with Crippen molar-refractivity contribution in [2.75, 3.05) is 0 Å². The Kier molecular flexibility index (Phi) is 3.67. The van der Waals surface area contributed by atoms with Crippen LogP contribution in [0.15, 0.2) is 29.1 Å². The SMILES string of the molecule is CC.Cc1ccc2c(=O)cc(C)[nH]c2c1. The molecule has 0 aliphatic heterocycles. The molecule has 0 bridgehead atoms. The van der Waals surface area contributed by atoms with Gasteiger partial charge < -0.3 is 4.98 Å². The van der Waals surface area contributed by atoms with Crippen LogP contribution in [0.5, 0.6) is 0 Å². The van der Waals surface area contributed by atoms with Crippen molar-refractivity contribution in [3.63, 3.8) is 0 Å². The Morgan fingerprint density at radius 3 is 2.40 bits per heavy atom. The Bertz CT molecular complexity index is 506. The maximum Gasteiger partial charge on any atom is 0.189 e. The number of benzene rings is 1. The van der Waals surface area contributed by atoms with E-state index in [1.54, 1.807) is 6.07 Å². The van der Waals surface area contributed by atoms with Gasteiger partial charge in [0.2, 0.25) is 0 Å². The van der Waals surface area contributed by atoms with Gasteiger partial charge in [0.1, 0.15) is 0 Å². The lowest BCUT2D eigenvalue weighted by atomic mass is 10.1. The first-order chi connectivity index (χ1) is 7.16. The highest BCUT2D eigenvalue weighted by Gasteiger charge is 1.98. The minimum atomic E-state index is 0.0891. The van der Waals surface area contributed by atoms with Crippen LogP contribution in [0, 0.1) is 13.8 Å². The minimum Gasteiger partial charge on any atom is -0.358 e. The smallest absolute Gasteiger partial charge is 0.189 e. The summed E-state index contributed by atoms with van der Waals surface area (Å²) in [6.45, 7) is 7.91. The lowest BCUT2D eigenvalue weighted by Gasteiger charge is -2.00. The van der Waals surface area contributed by atoms with Gasteiger partial charge in [-0.3, -0.25) is 4.79 Å². The number of fused-ring (bicyclic) bond motifs is 1. The average molecular weight is 203 g/mol. The predicted octanol–water partition coefficient (Wildman–Crippen LogP) is 3.17. The van der Waals surface area contributed by atoms with E-state index in [-0.39, 0.29) is 5.43 Å². The Morgan fingerprint density at radius 1 is 1.07 bits per heavy atom. The molecule has 2 heteroatoms. The molecule has 0 unspecified atom stereocenters. The van der Waals surface area contributed by atoms with E-state index in [2.05, 4.69) is 4.98 Å². The highest BCUT2D eigenvalue weighted by Crippen LogP contribution is 2.09. The number of rotatable bonds is 0. The largest absolute Gasteiger partial charge is 0.358 e. The van der Waals surface area contributed by atoms with Crippen LogP contribution in [0.1, 0.15) is 25.1 Å². The molecule has 1 N–H and O–H groups in total. The molecule has 0 atom stereocenters. The monoisotopic (exact) mass is 203 g/mol. The van der Waals surface area contributed by atoms with Gasteiger partial charge in [-0.05, 0) is 31.5 Å². The summed E-state index contributed by atoms with van der Waals surface area (Å²) in [4.78, 5) is 14.7. The maximum atomic E-state index is 11.5. The molecule has 2 nitrogen and oxygen atoms in total. The number of nitrogens with one attached hydrogen (secondary N) is 1. The fourth-order valence-corrected chi connectivity index (χ4v) is 1.50. The predicted molar refractivity (Wildman–Crippen MR) is 65.4 cm³/mol. The summed E-state index contributed by atoms with van der Waals surface area (Å²) in [5, 5.41) is 0.760. The van der Waals surface area contributed by atoms with E-state index < -0.39 is 0 Å². The summed E-state index contributed by atoms with van der Waals surface area (Å²) in [7, 11) is 0. The second-order valence-corrected chi connectivity index (χ2v) is 3.37. The van der Waals surface area contributed by atoms with Gasteiger partial charge >= 0.3 is 0 Å². The van der Waals surface area contributed by atoms with Gasteiger partial charge in [-0.2, -0.15) is 0 Å². The van der Waals surface area contributed by atoms with Crippen molar-refractivity contribution in [1.29, 1.82) is 0 Å². The second kappa shape index (κ2) is 4.78. The van der Waals surface area contributed by atoms with Crippen molar-refractivity contribution in [2.45, 2.75) is 27.7 Å². The molecule has 0 radical (unpaired) electrons. The van der Waals surface area contributed by atoms with Crippen LogP contribution in [0.25, 0.3) is 10.9 Å². The summed E-state index contributed by atoms with van der Waals surface area (Å²) in [6.07, 6.45) is 0. The van der Waals surface area contributed by atoms with Gasteiger partial charge in [0.25, 0.3) is 0 Å². The van der Waals surface area contributed by atoms with E-state index in [0.717, 1.165) is 22.2 Å². The highest BCUT2D eigenvalue weighted by molar-refractivity contribution is 5.79. The molecule has 0 amide bonds. The Hall–Kier alpha value is -1.57. The van der Waals surface area contributed by atoms with Gasteiger partial charge in [0.05, 0.1) is 0 Å².